The maximum Gasteiger partial charge on any atom is 0.261 e. The van der Waals surface area contributed by atoms with Crippen LogP contribution in [0.3, 0.4) is 0 Å². The van der Waals surface area contributed by atoms with E-state index in [1.807, 2.05) is 26.1 Å². The monoisotopic (exact) mass is 288 g/mol. The molecule has 0 unspecified atom stereocenters. The minimum absolute atomic E-state index is 0.0681. The molecule has 1 aromatic carbocycles. The molecular formula is C15H20N4O2. The van der Waals surface area contributed by atoms with Gasteiger partial charge in [0.05, 0.1) is 17.2 Å². The van der Waals surface area contributed by atoms with E-state index in [2.05, 4.69) is 15.6 Å². The maximum absolute atomic E-state index is 12.3. The number of carbonyl (C=O) groups is 1. The Balaban J connectivity index is 2.08. The van der Waals surface area contributed by atoms with Crippen molar-refractivity contribution in [3.8, 4) is 0 Å². The fraction of sp³-hybridized carbons (Fsp3) is 0.400. The molecule has 2 aromatic rings. The number of aryl methyl sites for hydroxylation is 2. The van der Waals surface area contributed by atoms with Gasteiger partial charge < -0.3 is 10.6 Å². The first kappa shape index (κ1) is 15.2. The summed E-state index contributed by atoms with van der Waals surface area (Å²) in [5.41, 5.74) is 1.59. The van der Waals surface area contributed by atoms with Crippen LogP contribution in [-0.2, 0) is 11.3 Å². The van der Waals surface area contributed by atoms with Crippen LogP contribution in [0.25, 0.3) is 10.9 Å². The molecular weight excluding hydrogens is 268 g/mol. The summed E-state index contributed by atoms with van der Waals surface area (Å²) in [6.45, 7) is 3.57. The third-order valence-electron chi connectivity index (χ3n) is 3.33. The van der Waals surface area contributed by atoms with Crippen LogP contribution >= 0.6 is 0 Å². The molecule has 1 amide bonds. The van der Waals surface area contributed by atoms with Crippen LogP contribution in [0.5, 0.6) is 0 Å². The average molecular weight is 288 g/mol. The summed E-state index contributed by atoms with van der Waals surface area (Å²) in [6.07, 6.45) is 1.78. The SMILES string of the molecule is CNCCNC(=O)CCn1cnc2c(C)cccc2c1=O. The van der Waals surface area contributed by atoms with Gasteiger partial charge in [0, 0.05) is 26.1 Å². The van der Waals surface area contributed by atoms with Crippen molar-refractivity contribution in [1.82, 2.24) is 20.2 Å². The number of amides is 1. The van der Waals surface area contributed by atoms with Gasteiger partial charge in [-0.15, -0.1) is 0 Å². The second-order valence-electron chi connectivity index (χ2n) is 4.92. The van der Waals surface area contributed by atoms with E-state index in [1.54, 1.807) is 6.07 Å². The highest BCUT2D eigenvalue weighted by molar-refractivity contribution is 5.80. The number of hydrogen-bond acceptors (Lipinski definition) is 4. The molecule has 0 spiro atoms. The van der Waals surface area contributed by atoms with Crippen LogP contribution < -0.4 is 16.2 Å². The van der Waals surface area contributed by atoms with Crippen LogP contribution in [-0.4, -0.2) is 35.6 Å². The van der Waals surface area contributed by atoms with Crippen LogP contribution in [0.4, 0.5) is 0 Å². The lowest BCUT2D eigenvalue weighted by Gasteiger charge is -2.08. The zero-order chi connectivity index (χ0) is 15.2. The first-order valence-electron chi connectivity index (χ1n) is 6.99. The minimum atomic E-state index is -0.105. The number of carbonyl (C=O) groups excluding carboxylic acids is 1. The van der Waals surface area contributed by atoms with Crippen molar-refractivity contribution in [2.75, 3.05) is 20.1 Å². The lowest BCUT2D eigenvalue weighted by Crippen LogP contribution is -2.32. The number of nitrogens with one attached hydrogen (secondary N) is 2. The molecule has 1 aromatic heterocycles. The van der Waals surface area contributed by atoms with Crippen molar-refractivity contribution >= 4 is 16.8 Å². The predicted octanol–water partition coefficient (Wildman–Crippen LogP) is 0.431. The van der Waals surface area contributed by atoms with Gasteiger partial charge in [-0.25, -0.2) is 4.98 Å². The van der Waals surface area contributed by atoms with Crippen LogP contribution in [0.2, 0.25) is 0 Å². The standard InChI is InChI=1S/C15H20N4O2/c1-11-4-3-5-12-14(11)18-10-19(15(12)21)9-6-13(20)17-8-7-16-2/h3-5,10,16H,6-9H2,1-2H3,(H,17,20). The molecule has 6 heteroatoms. The molecule has 1 heterocycles. The zero-order valence-corrected chi connectivity index (χ0v) is 12.3. The van der Waals surface area contributed by atoms with Gasteiger partial charge in [0.25, 0.3) is 5.56 Å². The lowest BCUT2D eigenvalue weighted by atomic mass is 10.1. The maximum atomic E-state index is 12.3. The van der Waals surface area contributed by atoms with Crippen molar-refractivity contribution in [2.45, 2.75) is 19.9 Å². The number of likely N-dealkylation sites (N-methyl/N-ethyl adjacent to an activating group) is 1. The average Bonchev–Trinajstić information content (AvgIpc) is 2.48. The molecule has 2 rings (SSSR count). The molecule has 0 radical (unpaired) electrons. The van der Waals surface area contributed by atoms with Crippen molar-refractivity contribution in [2.24, 2.45) is 0 Å². The normalized spacial score (nSPS) is 10.8. The van der Waals surface area contributed by atoms with Gasteiger partial charge in [0.2, 0.25) is 5.91 Å². The van der Waals surface area contributed by atoms with E-state index < -0.39 is 0 Å². The quantitative estimate of drug-likeness (QED) is 0.756. The Morgan fingerprint density at radius 1 is 1.33 bits per heavy atom. The molecule has 21 heavy (non-hydrogen) atoms. The van der Waals surface area contributed by atoms with E-state index in [1.165, 1.54) is 10.9 Å². The van der Waals surface area contributed by atoms with Crippen LogP contribution in [0.1, 0.15) is 12.0 Å². The highest BCUT2D eigenvalue weighted by Gasteiger charge is 2.07. The van der Waals surface area contributed by atoms with Gasteiger partial charge in [-0.05, 0) is 25.6 Å². The van der Waals surface area contributed by atoms with E-state index in [9.17, 15) is 9.59 Å². The van der Waals surface area contributed by atoms with E-state index in [4.69, 9.17) is 0 Å². The van der Waals surface area contributed by atoms with Gasteiger partial charge in [-0.2, -0.15) is 0 Å². The van der Waals surface area contributed by atoms with Gasteiger partial charge in [-0.3, -0.25) is 14.2 Å². The number of benzene rings is 1. The topological polar surface area (TPSA) is 76.0 Å². The predicted molar refractivity (Wildman–Crippen MR) is 82.3 cm³/mol. The van der Waals surface area contributed by atoms with Crippen molar-refractivity contribution in [3.63, 3.8) is 0 Å². The molecule has 0 fully saturated rings. The van der Waals surface area contributed by atoms with Gasteiger partial charge in [-0.1, -0.05) is 12.1 Å². The Morgan fingerprint density at radius 2 is 2.14 bits per heavy atom. The summed E-state index contributed by atoms with van der Waals surface area (Å²) in [5.74, 6) is -0.0681. The van der Waals surface area contributed by atoms with Gasteiger partial charge in [0.15, 0.2) is 0 Å². The molecule has 0 aliphatic heterocycles. The van der Waals surface area contributed by atoms with Gasteiger partial charge in [0.1, 0.15) is 0 Å². The van der Waals surface area contributed by atoms with E-state index in [-0.39, 0.29) is 17.9 Å². The second-order valence-corrected chi connectivity index (χ2v) is 4.92. The van der Waals surface area contributed by atoms with E-state index in [0.29, 0.717) is 18.5 Å². The van der Waals surface area contributed by atoms with Crippen molar-refractivity contribution in [1.29, 1.82) is 0 Å². The first-order valence-corrected chi connectivity index (χ1v) is 6.99. The van der Waals surface area contributed by atoms with Crippen LogP contribution in [0.15, 0.2) is 29.3 Å². The highest BCUT2D eigenvalue weighted by atomic mass is 16.1. The molecule has 112 valence electrons. The third-order valence-corrected chi connectivity index (χ3v) is 3.33. The summed E-state index contributed by atoms with van der Waals surface area (Å²) in [5, 5.41) is 6.32. The number of fused-ring (bicyclic) bond motifs is 1. The fourth-order valence-corrected chi connectivity index (χ4v) is 2.13. The Labute approximate surface area is 123 Å². The Morgan fingerprint density at radius 3 is 2.90 bits per heavy atom. The molecule has 0 aliphatic rings. The summed E-state index contributed by atoms with van der Waals surface area (Å²) in [7, 11) is 1.83. The molecule has 2 N–H and O–H groups in total. The van der Waals surface area contributed by atoms with Gasteiger partial charge >= 0.3 is 0 Å². The largest absolute Gasteiger partial charge is 0.355 e. The summed E-state index contributed by atoms with van der Waals surface area (Å²) >= 11 is 0. The van der Waals surface area contributed by atoms with E-state index >= 15 is 0 Å². The third kappa shape index (κ3) is 3.66. The molecule has 0 atom stereocenters. The highest BCUT2D eigenvalue weighted by Crippen LogP contribution is 2.11. The molecule has 0 aliphatic carbocycles. The number of rotatable bonds is 6. The summed E-state index contributed by atoms with van der Waals surface area (Å²) < 4.78 is 1.49. The molecule has 6 nitrogen and oxygen atoms in total. The molecule has 0 saturated carbocycles. The molecule has 0 saturated heterocycles. The number of para-hydroxylation sites is 1. The van der Waals surface area contributed by atoms with Crippen molar-refractivity contribution in [3.05, 3.63) is 40.4 Å². The fourth-order valence-electron chi connectivity index (χ4n) is 2.13. The number of aromatic nitrogens is 2. The zero-order valence-electron chi connectivity index (χ0n) is 12.3. The first-order chi connectivity index (χ1) is 10.1. The Kier molecular flexibility index (Phi) is 5.05. The minimum Gasteiger partial charge on any atom is -0.355 e. The van der Waals surface area contributed by atoms with E-state index in [0.717, 1.165) is 17.6 Å². The van der Waals surface area contributed by atoms with Crippen molar-refractivity contribution < 1.29 is 4.79 Å². The molecule has 0 bridgehead atoms. The second kappa shape index (κ2) is 6.99. The van der Waals surface area contributed by atoms with Crippen LogP contribution in [0, 0.1) is 6.92 Å². The smallest absolute Gasteiger partial charge is 0.261 e. The summed E-state index contributed by atoms with van der Waals surface area (Å²) in [4.78, 5) is 28.3. The Hall–Kier alpha value is -2.21. The summed E-state index contributed by atoms with van der Waals surface area (Å²) in [6, 6.07) is 5.53. The lowest BCUT2D eigenvalue weighted by molar-refractivity contribution is -0.121. The Bertz CT molecular complexity index is 694. The number of nitrogens with zero attached hydrogens (tertiary/aromatic N) is 2. The number of hydrogen-bond donors (Lipinski definition) is 2.